The number of carbonyl (C=O) groups is 1. The third kappa shape index (κ3) is 6.19. The molecule has 0 unspecified atom stereocenters. The van der Waals surface area contributed by atoms with Crippen LogP contribution >= 0.6 is 15.9 Å². The summed E-state index contributed by atoms with van der Waals surface area (Å²) in [6, 6.07) is 5.90. The summed E-state index contributed by atoms with van der Waals surface area (Å²) >= 11 is 3.41. The van der Waals surface area contributed by atoms with Crippen molar-refractivity contribution in [2.75, 3.05) is 24.5 Å². The smallest absolute Gasteiger partial charge is 0.410 e. The summed E-state index contributed by atoms with van der Waals surface area (Å²) in [5.74, 6) is 0.442. The van der Waals surface area contributed by atoms with Gasteiger partial charge in [-0.05, 0) is 62.9 Å². The van der Waals surface area contributed by atoms with E-state index in [2.05, 4.69) is 39.9 Å². The lowest BCUT2D eigenvalue weighted by Gasteiger charge is -2.41. The topological polar surface area (TPSA) is 62.2 Å². The Balaban J connectivity index is 2.14. The van der Waals surface area contributed by atoms with Gasteiger partial charge in [0, 0.05) is 30.1 Å². The van der Waals surface area contributed by atoms with Crippen LogP contribution in [0, 0.1) is 10.8 Å². The Morgan fingerprint density at radius 3 is 2.48 bits per heavy atom. The van der Waals surface area contributed by atoms with Gasteiger partial charge in [-0.1, -0.05) is 29.8 Å². The molecule has 1 heterocycles. The molecule has 1 aliphatic heterocycles. The van der Waals surface area contributed by atoms with Crippen LogP contribution in [0.5, 0.6) is 0 Å². The summed E-state index contributed by atoms with van der Waals surface area (Å²) < 4.78 is 6.32. The number of likely N-dealkylation sites (tertiary alicyclic amines) is 1. The predicted molar refractivity (Wildman–Crippen MR) is 113 cm³/mol. The largest absolute Gasteiger partial charge is 0.444 e. The number of nitrogens with zero attached hydrogens (tertiary/aromatic N) is 3. The van der Waals surface area contributed by atoms with E-state index in [0.29, 0.717) is 24.7 Å². The third-order valence-electron chi connectivity index (χ3n) is 4.46. The zero-order valence-corrected chi connectivity index (χ0v) is 18.5. The fourth-order valence-corrected chi connectivity index (χ4v) is 3.69. The molecule has 1 fully saturated rings. The van der Waals surface area contributed by atoms with Gasteiger partial charge in [-0.25, -0.2) is 4.79 Å². The molecule has 0 saturated carbocycles. The lowest BCUT2D eigenvalue weighted by Crippen LogP contribution is -2.49. The Morgan fingerprint density at radius 2 is 1.96 bits per heavy atom. The molecule has 2 rings (SSSR count). The van der Waals surface area contributed by atoms with E-state index in [1.165, 1.54) is 0 Å². The average Bonchev–Trinajstić information content (AvgIpc) is 2.58. The van der Waals surface area contributed by atoms with Crippen LogP contribution in [-0.2, 0) is 4.74 Å². The Hall–Kier alpha value is -1.63. The number of piperidine rings is 1. The lowest BCUT2D eigenvalue weighted by molar-refractivity contribution is 0.0204. The van der Waals surface area contributed by atoms with Crippen molar-refractivity contribution in [3.8, 4) is 0 Å². The van der Waals surface area contributed by atoms with Crippen LogP contribution in [0.1, 0.15) is 47.5 Å². The van der Waals surface area contributed by atoms with Crippen LogP contribution in [0.4, 0.5) is 16.2 Å². The second-order valence-electron chi connectivity index (χ2n) is 8.47. The first kappa shape index (κ1) is 21.7. The minimum Gasteiger partial charge on any atom is -0.444 e. The molecule has 7 heteroatoms. The van der Waals surface area contributed by atoms with Gasteiger partial charge in [-0.15, -0.1) is 4.91 Å². The monoisotopic (exact) mass is 439 g/mol. The van der Waals surface area contributed by atoms with E-state index in [1.807, 2.05) is 32.9 Å². The summed E-state index contributed by atoms with van der Waals surface area (Å²) in [4.78, 5) is 27.7. The molecule has 1 saturated heterocycles. The number of nitroso groups, excluding NO2 is 1. The van der Waals surface area contributed by atoms with E-state index in [9.17, 15) is 9.70 Å². The molecular formula is C20H30BrN3O3. The highest BCUT2D eigenvalue weighted by Crippen LogP contribution is 2.35. The normalized spacial score (nSPS) is 15.7. The van der Waals surface area contributed by atoms with Gasteiger partial charge in [0.2, 0.25) is 0 Å². The zero-order valence-electron chi connectivity index (χ0n) is 16.9. The Kier molecular flexibility index (Phi) is 7.25. The molecule has 6 nitrogen and oxygen atoms in total. The number of amides is 1. The minimum absolute atomic E-state index is 0.254. The number of benzene rings is 1. The minimum atomic E-state index is -0.487. The van der Waals surface area contributed by atoms with Crippen LogP contribution in [0.15, 0.2) is 27.8 Å². The molecule has 0 radical (unpaired) electrons. The molecule has 1 aromatic rings. The molecule has 1 amide bonds. The van der Waals surface area contributed by atoms with Crippen LogP contribution in [0.2, 0.25) is 0 Å². The summed E-state index contributed by atoms with van der Waals surface area (Å²) in [5.41, 5.74) is 0.816. The van der Waals surface area contributed by atoms with E-state index in [-0.39, 0.29) is 12.1 Å². The molecule has 1 aromatic carbocycles. The van der Waals surface area contributed by atoms with E-state index < -0.39 is 5.60 Å². The van der Waals surface area contributed by atoms with E-state index >= 15 is 0 Å². The fraction of sp³-hybridized carbons (Fsp3) is 0.650. The number of halogens is 1. The Labute approximate surface area is 170 Å². The number of rotatable bonds is 5. The highest BCUT2D eigenvalue weighted by atomic mass is 79.9. The predicted octanol–water partition coefficient (Wildman–Crippen LogP) is 5.71. The van der Waals surface area contributed by atoms with Gasteiger partial charge in [-0.3, -0.25) is 0 Å². The molecule has 150 valence electrons. The van der Waals surface area contributed by atoms with E-state index in [4.69, 9.17) is 4.74 Å². The number of hydrogen-bond donors (Lipinski definition) is 0. The first-order valence-corrected chi connectivity index (χ1v) is 10.3. The molecule has 0 aliphatic carbocycles. The van der Waals surface area contributed by atoms with E-state index in [1.54, 1.807) is 11.0 Å². The maximum atomic E-state index is 12.3. The Morgan fingerprint density at radius 1 is 1.33 bits per heavy atom. The summed E-state index contributed by atoms with van der Waals surface area (Å²) in [5, 5.41) is 3.23. The van der Waals surface area contributed by atoms with Gasteiger partial charge >= 0.3 is 6.09 Å². The van der Waals surface area contributed by atoms with E-state index in [0.717, 1.165) is 29.5 Å². The Bertz CT molecular complexity index is 665. The van der Waals surface area contributed by atoms with Gasteiger partial charge in [0.15, 0.2) is 0 Å². The molecule has 0 spiro atoms. The zero-order chi connectivity index (χ0) is 20.2. The maximum Gasteiger partial charge on any atom is 0.410 e. The van der Waals surface area contributed by atoms with Crippen LogP contribution in [0.3, 0.4) is 0 Å². The molecular weight excluding hydrogens is 410 g/mol. The standard InChI is InChI=1S/C20H30BrN3O3/c1-14(2)13-24(18-7-6-15(21)12-17(18)22-26)16-8-10-23(11-9-16)19(25)27-20(3,4)5/h6-7,12,14,16H,8-11,13H2,1-5H3. The lowest BCUT2D eigenvalue weighted by atomic mass is 10.0. The maximum absolute atomic E-state index is 12.3. The molecule has 27 heavy (non-hydrogen) atoms. The molecule has 1 aliphatic rings. The molecule has 0 N–H and O–H groups in total. The van der Waals surface area contributed by atoms with Crippen LogP contribution in [0.25, 0.3) is 0 Å². The first-order valence-electron chi connectivity index (χ1n) is 9.48. The first-order chi connectivity index (χ1) is 12.6. The van der Waals surface area contributed by atoms with Crippen molar-refractivity contribution in [2.45, 2.75) is 59.1 Å². The molecule has 0 bridgehead atoms. The van der Waals surface area contributed by atoms with Crippen LogP contribution in [-0.4, -0.2) is 42.3 Å². The van der Waals surface area contributed by atoms with Crippen molar-refractivity contribution in [1.29, 1.82) is 0 Å². The average molecular weight is 440 g/mol. The number of carbonyl (C=O) groups excluding carboxylic acids is 1. The van der Waals surface area contributed by atoms with Crippen molar-refractivity contribution in [3.63, 3.8) is 0 Å². The second-order valence-corrected chi connectivity index (χ2v) is 9.38. The number of ether oxygens (including phenoxy) is 1. The number of anilines is 1. The van der Waals surface area contributed by atoms with Crippen molar-refractivity contribution < 1.29 is 9.53 Å². The fourth-order valence-electron chi connectivity index (χ4n) is 3.34. The van der Waals surface area contributed by atoms with Crippen molar-refractivity contribution in [2.24, 2.45) is 11.1 Å². The van der Waals surface area contributed by atoms with Gasteiger partial charge in [0.1, 0.15) is 11.3 Å². The second kappa shape index (κ2) is 9.04. The van der Waals surface area contributed by atoms with Crippen molar-refractivity contribution in [3.05, 3.63) is 27.6 Å². The summed E-state index contributed by atoms with van der Waals surface area (Å²) in [7, 11) is 0. The highest BCUT2D eigenvalue weighted by Gasteiger charge is 2.30. The highest BCUT2D eigenvalue weighted by molar-refractivity contribution is 9.10. The summed E-state index contributed by atoms with van der Waals surface area (Å²) in [6.45, 7) is 12.1. The summed E-state index contributed by atoms with van der Waals surface area (Å²) in [6.07, 6.45) is 1.41. The number of hydrogen-bond acceptors (Lipinski definition) is 5. The van der Waals surface area contributed by atoms with Gasteiger partial charge in [-0.2, -0.15) is 0 Å². The molecule has 0 aromatic heterocycles. The molecule has 0 atom stereocenters. The SMILES string of the molecule is CC(C)CN(c1ccc(Br)cc1N=O)C1CCN(C(=O)OC(C)(C)C)CC1. The van der Waals surface area contributed by atoms with Crippen LogP contribution < -0.4 is 4.90 Å². The van der Waals surface area contributed by atoms with Gasteiger partial charge in [0.05, 0.1) is 5.69 Å². The van der Waals surface area contributed by atoms with Crippen molar-refractivity contribution >= 4 is 33.4 Å². The third-order valence-corrected chi connectivity index (χ3v) is 4.96. The van der Waals surface area contributed by atoms with Gasteiger partial charge < -0.3 is 14.5 Å². The van der Waals surface area contributed by atoms with Crippen molar-refractivity contribution in [1.82, 2.24) is 4.90 Å². The van der Waals surface area contributed by atoms with Gasteiger partial charge in [0.25, 0.3) is 0 Å². The quantitative estimate of drug-likeness (QED) is 0.551.